The van der Waals surface area contributed by atoms with Gasteiger partial charge in [0, 0.05) is 23.3 Å². The van der Waals surface area contributed by atoms with Gasteiger partial charge in [0.25, 0.3) is 0 Å². The maximum atomic E-state index is 4.41. The molecule has 0 aliphatic rings. The van der Waals surface area contributed by atoms with Crippen LogP contribution in [-0.4, -0.2) is 21.7 Å². The summed E-state index contributed by atoms with van der Waals surface area (Å²) in [5, 5.41) is 13.6. The van der Waals surface area contributed by atoms with E-state index in [2.05, 4.69) is 32.8 Å². The highest BCUT2D eigenvalue weighted by molar-refractivity contribution is 7.09. The molecule has 0 saturated carbocycles. The average Bonchev–Trinajstić information content (AvgIpc) is 2.88. The Morgan fingerprint density at radius 3 is 2.94 bits per heavy atom. The number of aryl methyl sites for hydroxylation is 3. The van der Waals surface area contributed by atoms with Gasteiger partial charge in [0.2, 0.25) is 0 Å². The zero-order valence-corrected chi connectivity index (χ0v) is 11.1. The molecule has 0 amide bonds. The first kappa shape index (κ1) is 12.3. The number of hydrogen-bond donors (Lipinski definition) is 2. The van der Waals surface area contributed by atoms with E-state index in [1.807, 2.05) is 13.1 Å². The highest BCUT2D eigenvalue weighted by atomic mass is 32.1. The summed E-state index contributed by atoms with van der Waals surface area (Å²) in [5.41, 5.74) is 3.61. The summed E-state index contributed by atoms with van der Waals surface area (Å²) < 4.78 is 0. The second kappa shape index (κ2) is 5.93. The molecule has 0 saturated heterocycles. The van der Waals surface area contributed by atoms with E-state index in [4.69, 9.17) is 0 Å². The zero-order chi connectivity index (χ0) is 12.1. The van der Waals surface area contributed by atoms with Crippen LogP contribution in [0.5, 0.6) is 0 Å². The number of H-pyrrole nitrogens is 1. The zero-order valence-electron chi connectivity index (χ0n) is 10.3. The molecular formula is C12H18N4S. The summed E-state index contributed by atoms with van der Waals surface area (Å²) in [5.74, 6) is 0. The van der Waals surface area contributed by atoms with E-state index < -0.39 is 0 Å². The van der Waals surface area contributed by atoms with Crippen molar-refractivity contribution in [1.82, 2.24) is 20.5 Å². The molecule has 0 radical (unpaired) electrons. The van der Waals surface area contributed by atoms with Gasteiger partial charge < -0.3 is 5.32 Å². The number of nitrogens with zero attached hydrogens (tertiary/aromatic N) is 2. The van der Waals surface area contributed by atoms with Crippen LogP contribution in [0.2, 0.25) is 0 Å². The Morgan fingerprint density at radius 2 is 2.29 bits per heavy atom. The monoisotopic (exact) mass is 250 g/mol. The number of thiazole rings is 1. The van der Waals surface area contributed by atoms with Gasteiger partial charge >= 0.3 is 0 Å². The van der Waals surface area contributed by atoms with E-state index in [1.165, 1.54) is 16.3 Å². The lowest BCUT2D eigenvalue weighted by Crippen LogP contribution is -2.15. The van der Waals surface area contributed by atoms with E-state index in [1.54, 1.807) is 11.3 Å². The molecule has 2 heterocycles. The van der Waals surface area contributed by atoms with Gasteiger partial charge in [-0.05, 0) is 38.8 Å². The van der Waals surface area contributed by atoms with Crippen molar-refractivity contribution in [2.75, 3.05) is 6.54 Å². The third-order valence-electron chi connectivity index (χ3n) is 2.68. The van der Waals surface area contributed by atoms with Crippen molar-refractivity contribution in [3.05, 3.63) is 33.5 Å². The molecule has 0 spiro atoms. The average molecular weight is 250 g/mol. The largest absolute Gasteiger partial charge is 0.310 e. The molecule has 0 bridgehead atoms. The standard InChI is InChI=1S/C12H18N4S/c1-9-8-17-12(15-9)7-13-5-3-4-11-6-14-16-10(11)2/h6,8,13H,3-5,7H2,1-2H3,(H,14,16). The Balaban J connectivity index is 1.62. The number of nitrogens with one attached hydrogen (secondary N) is 2. The van der Waals surface area contributed by atoms with Crippen LogP contribution >= 0.6 is 11.3 Å². The molecule has 2 N–H and O–H groups in total. The molecule has 4 nitrogen and oxygen atoms in total. The van der Waals surface area contributed by atoms with Crippen LogP contribution in [0, 0.1) is 13.8 Å². The van der Waals surface area contributed by atoms with Crippen molar-refractivity contribution in [2.45, 2.75) is 33.2 Å². The van der Waals surface area contributed by atoms with E-state index in [0.29, 0.717) is 0 Å². The Kier molecular flexibility index (Phi) is 4.28. The SMILES string of the molecule is Cc1csc(CNCCCc2cn[nH]c2C)n1. The van der Waals surface area contributed by atoms with Gasteiger partial charge in [-0.1, -0.05) is 0 Å². The number of aromatic nitrogens is 3. The lowest BCUT2D eigenvalue weighted by molar-refractivity contribution is 0.646. The minimum absolute atomic E-state index is 0.878. The first-order chi connectivity index (χ1) is 8.25. The van der Waals surface area contributed by atoms with E-state index in [9.17, 15) is 0 Å². The summed E-state index contributed by atoms with van der Waals surface area (Å²) in [7, 11) is 0. The lowest BCUT2D eigenvalue weighted by atomic mass is 10.1. The molecule has 92 valence electrons. The Morgan fingerprint density at radius 1 is 1.41 bits per heavy atom. The first-order valence-electron chi connectivity index (χ1n) is 5.86. The van der Waals surface area contributed by atoms with Gasteiger partial charge in [-0.3, -0.25) is 5.10 Å². The smallest absolute Gasteiger partial charge is 0.107 e. The third kappa shape index (κ3) is 3.64. The van der Waals surface area contributed by atoms with Gasteiger partial charge in [-0.15, -0.1) is 11.3 Å². The van der Waals surface area contributed by atoms with Crippen LogP contribution in [0.4, 0.5) is 0 Å². The van der Waals surface area contributed by atoms with Crippen molar-refractivity contribution < 1.29 is 0 Å². The fraction of sp³-hybridized carbons (Fsp3) is 0.500. The number of hydrogen-bond acceptors (Lipinski definition) is 4. The summed E-state index contributed by atoms with van der Waals surface area (Å²) in [6.45, 7) is 5.99. The summed E-state index contributed by atoms with van der Waals surface area (Å²) in [4.78, 5) is 4.41. The number of rotatable bonds is 6. The lowest BCUT2D eigenvalue weighted by Gasteiger charge is -2.02. The fourth-order valence-corrected chi connectivity index (χ4v) is 2.45. The van der Waals surface area contributed by atoms with Crippen LogP contribution in [0.15, 0.2) is 11.6 Å². The van der Waals surface area contributed by atoms with Crippen molar-refractivity contribution >= 4 is 11.3 Å². The van der Waals surface area contributed by atoms with Crippen LogP contribution in [0.1, 0.15) is 28.4 Å². The van der Waals surface area contributed by atoms with Gasteiger partial charge in [0.1, 0.15) is 5.01 Å². The van der Waals surface area contributed by atoms with E-state index in [0.717, 1.165) is 31.6 Å². The molecule has 2 rings (SSSR count). The molecule has 5 heteroatoms. The summed E-state index contributed by atoms with van der Waals surface area (Å²) >= 11 is 1.72. The second-order valence-electron chi connectivity index (χ2n) is 4.18. The van der Waals surface area contributed by atoms with Crippen molar-refractivity contribution in [2.24, 2.45) is 0 Å². The van der Waals surface area contributed by atoms with Gasteiger partial charge in [0.05, 0.1) is 6.20 Å². The highest BCUT2D eigenvalue weighted by Gasteiger charge is 2.00. The molecule has 17 heavy (non-hydrogen) atoms. The van der Waals surface area contributed by atoms with Crippen LogP contribution < -0.4 is 5.32 Å². The third-order valence-corrected chi connectivity index (χ3v) is 3.64. The molecule has 0 aliphatic carbocycles. The van der Waals surface area contributed by atoms with Gasteiger partial charge in [-0.25, -0.2) is 4.98 Å². The topological polar surface area (TPSA) is 53.6 Å². The van der Waals surface area contributed by atoms with Gasteiger partial charge in [-0.2, -0.15) is 5.10 Å². The second-order valence-corrected chi connectivity index (χ2v) is 5.13. The van der Waals surface area contributed by atoms with Crippen LogP contribution in [0.3, 0.4) is 0 Å². The van der Waals surface area contributed by atoms with Crippen molar-refractivity contribution in [3.8, 4) is 0 Å². The highest BCUT2D eigenvalue weighted by Crippen LogP contribution is 2.08. The molecule has 0 unspecified atom stereocenters. The van der Waals surface area contributed by atoms with Crippen LogP contribution in [0.25, 0.3) is 0 Å². The quantitative estimate of drug-likeness (QED) is 0.773. The van der Waals surface area contributed by atoms with Crippen LogP contribution in [-0.2, 0) is 13.0 Å². The molecular weight excluding hydrogens is 232 g/mol. The summed E-state index contributed by atoms with van der Waals surface area (Å²) in [6, 6.07) is 0. The molecule has 0 fully saturated rings. The maximum absolute atomic E-state index is 4.41. The summed E-state index contributed by atoms with van der Waals surface area (Å²) in [6.07, 6.45) is 4.12. The predicted molar refractivity (Wildman–Crippen MR) is 70.2 cm³/mol. The number of aromatic amines is 1. The Labute approximate surface area is 105 Å². The predicted octanol–water partition coefficient (Wildman–Crippen LogP) is 2.21. The first-order valence-corrected chi connectivity index (χ1v) is 6.74. The van der Waals surface area contributed by atoms with Crippen molar-refractivity contribution in [1.29, 1.82) is 0 Å². The maximum Gasteiger partial charge on any atom is 0.107 e. The fourth-order valence-electron chi connectivity index (χ4n) is 1.71. The molecule has 2 aromatic heterocycles. The molecule has 2 aromatic rings. The Hall–Kier alpha value is -1.20. The van der Waals surface area contributed by atoms with Crippen molar-refractivity contribution in [3.63, 3.8) is 0 Å². The van der Waals surface area contributed by atoms with E-state index >= 15 is 0 Å². The normalized spacial score (nSPS) is 10.9. The minimum Gasteiger partial charge on any atom is -0.310 e. The molecule has 0 atom stereocenters. The van der Waals surface area contributed by atoms with Gasteiger partial charge in [0.15, 0.2) is 0 Å². The van der Waals surface area contributed by atoms with E-state index in [-0.39, 0.29) is 0 Å². The molecule has 0 aromatic carbocycles. The minimum atomic E-state index is 0.878. The molecule has 0 aliphatic heterocycles. The Bertz CT molecular complexity index is 461.